The monoisotopic (exact) mass is 612 g/mol. The number of aromatic nitrogens is 2. The van der Waals surface area contributed by atoms with E-state index in [1.165, 1.54) is 60.5 Å². The first-order valence-electron chi connectivity index (χ1n) is 16.5. The summed E-state index contributed by atoms with van der Waals surface area (Å²) in [6.45, 7) is 2.14. The molecular formula is C46H32N2. The van der Waals surface area contributed by atoms with Crippen LogP contribution in [0, 0.1) is 6.92 Å². The number of aryl methyl sites for hydroxylation is 1. The molecule has 9 aromatic rings. The molecule has 0 aliphatic rings. The average Bonchev–Trinajstić information content (AvgIpc) is 3.53. The summed E-state index contributed by atoms with van der Waals surface area (Å²) in [7, 11) is 0. The highest BCUT2D eigenvalue weighted by Crippen LogP contribution is 2.44. The lowest BCUT2D eigenvalue weighted by molar-refractivity contribution is 1.10. The Balaban J connectivity index is 1.24. The van der Waals surface area contributed by atoms with Crippen LogP contribution in [0.25, 0.3) is 83.0 Å². The van der Waals surface area contributed by atoms with Gasteiger partial charge in [0.1, 0.15) is 5.82 Å². The van der Waals surface area contributed by atoms with Gasteiger partial charge in [-0.3, -0.25) is 4.57 Å². The molecule has 0 fully saturated rings. The Kier molecular flexibility index (Phi) is 6.72. The molecule has 0 atom stereocenters. The molecule has 0 spiro atoms. The minimum atomic E-state index is 0.947. The first-order valence-corrected chi connectivity index (χ1v) is 16.5. The van der Waals surface area contributed by atoms with Crippen LogP contribution in [-0.2, 0) is 0 Å². The zero-order valence-electron chi connectivity index (χ0n) is 26.6. The van der Waals surface area contributed by atoms with Gasteiger partial charge < -0.3 is 0 Å². The molecule has 226 valence electrons. The molecule has 48 heavy (non-hydrogen) atoms. The zero-order chi connectivity index (χ0) is 32.0. The molecule has 9 rings (SSSR count). The van der Waals surface area contributed by atoms with Crippen LogP contribution in [0.2, 0.25) is 0 Å². The molecule has 0 amide bonds. The van der Waals surface area contributed by atoms with Crippen molar-refractivity contribution in [3.8, 4) is 50.5 Å². The summed E-state index contributed by atoms with van der Waals surface area (Å²) < 4.78 is 2.29. The van der Waals surface area contributed by atoms with E-state index in [-0.39, 0.29) is 0 Å². The highest BCUT2D eigenvalue weighted by molar-refractivity contribution is 6.21. The van der Waals surface area contributed by atoms with Crippen molar-refractivity contribution < 1.29 is 0 Å². The molecule has 1 heterocycles. The van der Waals surface area contributed by atoms with Crippen molar-refractivity contribution in [2.45, 2.75) is 6.92 Å². The van der Waals surface area contributed by atoms with Gasteiger partial charge in [0.15, 0.2) is 0 Å². The molecule has 0 aliphatic heterocycles. The smallest absolute Gasteiger partial charge is 0.145 e. The third-order valence-corrected chi connectivity index (χ3v) is 9.45. The number of rotatable bonds is 5. The third-order valence-electron chi connectivity index (χ3n) is 9.45. The molecule has 0 saturated heterocycles. The van der Waals surface area contributed by atoms with E-state index in [0.717, 1.165) is 28.1 Å². The van der Waals surface area contributed by atoms with Crippen LogP contribution in [0.3, 0.4) is 0 Å². The van der Waals surface area contributed by atoms with Gasteiger partial charge in [-0.1, -0.05) is 146 Å². The highest BCUT2D eigenvalue weighted by atomic mass is 15.1. The summed E-state index contributed by atoms with van der Waals surface area (Å²) in [6, 6.07) is 63.3. The minimum Gasteiger partial charge on any atom is -0.292 e. The predicted molar refractivity (Wildman–Crippen MR) is 203 cm³/mol. The molecule has 1 aromatic heterocycles. The van der Waals surface area contributed by atoms with Crippen molar-refractivity contribution in [3.63, 3.8) is 0 Å². The molecule has 0 saturated carbocycles. The van der Waals surface area contributed by atoms with Crippen LogP contribution in [-0.4, -0.2) is 9.55 Å². The Bertz CT molecular complexity index is 2580. The van der Waals surface area contributed by atoms with Crippen LogP contribution >= 0.6 is 0 Å². The quantitative estimate of drug-likeness (QED) is 0.177. The van der Waals surface area contributed by atoms with E-state index >= 15 is 0 Å². The fourth-order valence-electron chi connectivity index (χ4n) is 7.22. The Hall–Kier alpha value is -6.25. The number of hydrogen-bond acceptors (Lipinski definition) is 1. The maximum atomic E-state index is 5.07. The van der Waals surface area contributed by atoms with E-state index in [2.05, 4.69) is 181 Å². The average molecular weight is 613 g/mol. The lowest BCUT2D eigenvalue weighted by Gasteiger charge is -2.19. The van der Waals surface area contributed by atoms with Crippen LogP contribution in [0.15, 0.2) is 176 Å². The lowest BCUT2D eigenvalue weighted by Crippen LogP contribution is -1.97. The molecule has 0 radical (unpaired) electrons. The van der Waals surface area contributed by atoms with Gasteiger partial charge in [-0.05, 0) is 97.7 Å². The Morgan fingerprint density at radius 1 is 0.396 bits per heavy atom. The summed E-state index contributed by atoms with van der Waals surface area (Å²) in [6.07, 6.45) is 0. The van der Waals surface area contributed by atoms with Gasteiger partial charge in [0.2, 0.25) is 0 Å². The van der Waals surface area contributed by atoms with E-state index in [0.29, 0.717) is 0 Å². The van der Waals surface area contributed by atoms with Crippen LogP contribution in [0.5, 0.6) is 0 Å². The van der Waals surface area contributed by atoms with Crippen LogP contribution in [0.4, 0.5) is 0 Å². The standard InChI is InChI=1S/C46H32N2/c1-31-21-28-42-43(29-31)48(46(47-42)35-17-9-4-10-18-35)37-25-22-32(23-26-37)36-24-27-40-41(30-36)45(34-15-7-3-8-16-34)39-20-12-11-19-38(39)44(40)33-13-5-2-6-14-33/h2-30H,1H3. The van der Waals surface area contributed by atoms with Gasteiger partial charge in [0, 0.05) is 11.3 Å². The third kappa shape index (κ3) is 4.70. The fourth-order valence-corrected chi connectivity index (χ4v) is 7.22. The summed E-state index contributed by atoms with van der Waals surface area (Å²) in [5, 5.41) is 5.04. The second-order valence-electron chi connectivity index (χ2n) is 12.5. The molecule has 2 heteroatoms. The van der Waals surface area contributed by atoms with Gasteiger partial charge >= 0.3 is 0 Å². The van der Waals surface area contributed by atoms with Crippen LogP contribution < -0.4 is 0 Å². The maximum absolute atomic E-state index is 5.07. The largest absolute Gasteiger partial charge is 0.292 e. The van der Waals surface area contributed by atoms with Crippen molar-refractivity contribution in [3.05, 3.63) is 181 Å². The van der Waals surface area contributed by atoms with Crippen LogP contribution in [0.1, 0.15) is 5.56 Å². The summed E-state index contributed by atoms with van der Waals surface area (Å²) in [5.74, 6) is 0.947. The lowest BCUT2D eigenvalue weighted by atomic mass is 9.85. The normalized spacial score (nSPS) is 11.4. The molecule has 0 N–H and O–H groups in total. The molecule has 0 aliphatic carbocycles. The zero-order valence-corrected chi connectivity index (χ0v) is 26.6. The number of fused-ring (bicyclic) bond motifs is 3. The van der Waals surface area contributed by atoms with E-state index in [1.807, 2.05) is 6.07 Å². The van der Waals surface area contributed by atoms with E-state index in [4.69, 9.17) is 4.98 Å². The first-order chi connectivity index (χ1) is 23.7. The Morgan fingerprint density at radius 2 is 0.917 bits per heavy atom. The van der Waals surface area contributed by atoms with E-state index in [1.54, 1.807) is 0 Å². The van der Waals surface area contributed by atoms with Gasteiger partial charge in [-0.15, -0.1) is 0 Å². The maximum Gasteiger partial charge on any atom is 0.145 e. The second-order valence-corrected chi connectivity index (χ2v) is 12.5. The minimum absolute atomic E-state index is 0.947. The van der Waals surface area contributed by atoms with E-state index in [9.17, 15) is 0 Å². The summed E-state index contributed by atoms with van der Waals surface area (Å²) >= 11 is 0. The van der Waals surface area contributed by atoms with Crippen molar-refractivity contribution in [1.82, 2.24) is 9.55 Å². The van der Waals surface area contributed by atoms with Gasteiger partial charge in [0.05, 0.1) is 11.0 Å². The number of nitrogens with zero attached hydrogens (tertiary/aromatic N) is 2. The molecule has 2 nitrogen and oxygen atoms in total. The van der Waals surface area contributed by atoms with Crippen molar-refractivity contribution in [2.75, 3.05) is 0 Å². The first kappa shape index (κ1) is 28.0. The van der Waals surface area contributed by atoms with Gasteiger partial charge in [-0.2, -0.15) is 0 Å². The van der Waals surface area contributed by atoms with Crippen molar-refractivity contribution in [1.29, 1.82) is 0 Å². The highest BCUT2D eigenvalue weighted by Gasteiger charge is 2.18. The SMILES string of the molecule is Cc1ccc2nc(-c3ccccc3)n(-c3ccc(-c4ccc5c(-c6ccccc6)c6ccccc6c(-c6ccccc6)c5c4)cc3)c2c1. The van der Waals surface area contributed by atoms with E-state index < -0.39 is 0 Å². The fraction of sp³-hybridized carbons (Fsp3) is 0.0217. The van der Waals surface area contributed by atoms with Gasteiger partial charge in [-0.25, -0.2) is 4.98 Å². The Labute approximate surface area is 280 Å². The topological polar surface area (TPSA) is 17.8 Å². The Morgan fingerprint density at radius 3 is 1.54 bits per heavy atom. The number of benzene rings is 8. The second kappa shape index (κ2) is 11.5. The summed E-state index contributed by atoms with van der Waals surface area (Å²) in [5.41, 5.74) is 12.9. The number of imidazole rings is 1. The molecule has 8 aromatic carbocycles. The predicted octanol–water partition coefficient (Wildman–Crippen LogP) is 12.3. The molecular weight excluding hydrogens is 581 g/mol. The molecule has 0 bridgehead atoms. The van der Waals surface area contributed by atoms with Crippen molar-refractivity contribution in [2.24, 2.45) is 0 Å². The number of hydrogen-bond donors (Lipinski definition) is 0. The van der Waals surface area contributed by atoms with Crippen molar-refractivity contribution >= 4 is 32.6 Å². The van der Waals surface area contributed by atoms with Gasteiger partial charge in [0.25, 0.3) is 0 Å². The molecule has 0 unspecified atom stereocenters. The summed E-state index contributed by atoms with van der Waals surface area (Å²) in [4.78, 5) is 5.07.